The Labute approximate surface area is 245 Å². The van der Waals surface area contributed by atoms with E-state index < -0.39 is 11.7 Å². The van der Waals surface area contributed by atoms with Gasteiger partial charge in [0, 0.05) is 50.2 Å². The fourth-order valence-electron chi connectivity index (χ4n) is 10.6. The zero-order valence-corrected chi connectivity index (χ0v) is 25.4. The Morgan fingerprint density at radius 1 is 1.02 bits per heavy atom. The van der Waals surface area contributed by atoms with E-state index in [9.17, 15) is 19.8 Å². The fourth-order valence-corrected chi connectivity index (χ4v) is 10.6. The van der Waals surface area contributed by atoms with Gasteiger partial charge in [-0.05, 0) is 119 Å². The minimum absolute atomic E-state index is 0.107. The first kappa shape index (κ1) is 29.2. The van der Waals surface area contributed by atoms with Crippen molar-refractivity contribution in [2.45, 2.75) is 95.6 Å². The van der Waals surface area contributed by atoms with E-state index >= 15 is 0 Å². The molecule has 1 aromatic heterocycles. The molecule has 5 fully saturated rings. The van der Waals surface area contributed by atoms with Gasteiger partial charge in [0.2, 0.25) is 0 Å². The van der Waals surface area contributed by atoms with Gasteiger partial charge in [-0.3, -0.25) is 0 Å². The summed E-state index contributed by atoms with van der Waals surface area (Å²) in [5, 5.41) is 22.7. The Kier molecular flexibility index (Phi) is 7.82. The first-order chi connectivity index (χ1) is 19.5. The molecule has 4 saturated carbocycles. The molecule has 5 aliphatic rings. The Bertz CT molecular complexity index is 1150. The van der Waals surface area contributed by atoms with Crippen molar-refractivity contribution in [2.75, 3.05) is 46.3 Å². The largest absolute Gasteiger partial charge is 0.465 e. The number of likely N-dealkylation sites (N-methyl/N-ethyl adjacent to an activating group) is 1. The van der Waals surface area contributed by atoms with Crippen LogP contribution in [0.2, 0.25) is 0 Å². The fraction of sp³-hybridized carbons (Fsp3) is 0.818. The maximum absolute atomic E-state index is 12.5. The molecule has 0 spiro atoms. The van der Waals surface area contributed by atoms with E-state index in [1.807, 2.05) is 6.07 Å². The molecule has 0 unspecified atom stereocenters. The van der Waals surface area contributed by atoms with Crippen LogP contribution in [0.15, 0.2) is 27.6 Å². The van der Waals surface area contributed by atoms with E-state index in [0.717, 1.165) is 102 Å². The number of carbonyl (C=O) groups is 1. The van der Waals surface area contributed by atoms with Crippen molar-refractivity contribution in [1.29, 1.82) is 0 Å². The second-order valence-electron chi connectivity index (χ2n) is 14.8. The molecule has 2 N–H and O–H groups in total. The van der Waals surface area contributed by atoms with Crippen LogP contribution in [-0.2, 0) is 0 Å². The van der Waals surface area contributed by atoms with Crippen molar-refractivity contribution in [3.05, 3.63) is 34.4 Å². The first-order valence-corrected chi connectivity index (χ1v) is 16.3. The van der Waals surface area contributed by atoms with E-state index in [1.165, 1.54) is 6.07 Å². The number of fused-ring (bicyclic) bond motifs is 5. The van der Waals surface area contributed by atoms with Gasteiger partial charge in [0.05, 0.1) is 11.9 Å². The molecule has 8 nitrogen and oxygen atoms in total. The molecule has 41 heavy (non-hydrogen) atoms. The highest BCUT2D eigenvalue weighted by molar-refractivity contribution is 5.65. The van der Waals surface area contributed by atoms with Gasteiger partial charge < -0.3 is 29.3 Å². The monoisotopic (exact) mass is 569 g/mol. The first-order valence-electron chi connectivity index (χ1n) is 16.3. The van der Waals surface area contributed by atoms with Crippen molar-refractivity contribution in [1.82, 2.24) is 14.7 Å². The molecule has 6 rings (SSSR count). The lowest BCUT2D eigenvalue weighted by atomic mass is 9.43. The van der Waals surface area contributed by atoms with Crippen LogP contribution >= 0.6 is 0 Å². The number of piperazine rings is 1. The molecule has 2 heterocycles. The van der Waals surface area contributed by atoms with Crippen LogP contribution in [0.4, 0.5) is 4.79 Å². The van der Waals surface area contributed by atoms with Gasteiger partial charge in [0.1, 0.15) is 0 Å². The van der Waals surface area contributed by atoms with Gasteiger partial charge in [-0.2, -0.15) is 0 Å². The number of aliphatic hydroxyl groups is 1. The van der Waals surface area contributed by atoms with Crippen LogP contribution < -0.4 is 5.63 Å². The summed E-state index contributed by atoms with van der Waals surface area (Å²) in [7, 11) is 2.16. The summed E-state index contributed by atoms with van der Waals surface area (Å²) in [6, 6.07) is 3.52. The van der Waals surface area contributed by atoms with Gasteiger partial charge >= 0.3 is 11.7 Å². The molecule has 0 bridgehead atoms. The maximum atomic E-state index is 12.5. The highest BCUT2D eigenvalue weighted by Gasteiger charge is 2.67. The lowest BCUT2D eigenvalue weighted by Gasteiger charge is -2.64. The summed E-state index contributed by atoms with van der Waals surface area (Å²) in [6.45, 7) is 10.7. The molecule has 1 aliphatic heterocycles. The lowest BCUT2D eigenvalue weighted by molar-refractivity contribution is -0.203. The Morgan fingerprint density at radius 2 is 1.80 bits per heavy atom. The molecule has 1 amide bonds. The van der Waals surface area contributed by atoms with Crippen LogP contribution in [0.5, 0.6) is 0 Å². The molecule has 1 saturated heterocycles. The summed E-state index contributed by atoms with van der Waals surface area (Å²) in [5.41, 5.74) is -0.0635. The quantitative estimate of drug-likeness (QED) is 0.505. The van der Waals surface area contributed by atoms with Crippen LogP contribution in [0.1, 0.15) is 89.5 Å². The zero-order chi connectivity index (χ0) is 29.0. The highest BCUT2D eigenvalue weighted by Crippen LogP contribution is 2.70. The third-order valence-electron chi connectivity index (χ3n) is 13.1. The predicted octanol–water partition coefficient (Wildman–Crippen LogP) is 4.87. The molecule has 0 aromatic carbocycles. The van der Waals surface area contributed by atoms with Crippen molar-refractivity contribution in [2.24, 2.45) is 28.6 Å². The van der Waals surface area contributed by atoms with Crippen LogP contribution in [-0.4, -0.2) is 89.0 Å². The number of amides is 1. The predicted molar refractivity (Wildman–Crippen MR) is 158 cm³/mol. The van der Waals surface area contributed by atoms with Crippen molar-refractivity contribution in [3.8, 4) is 0 Å². The van der Waals surface area contributed by atoms with Gasteiger partial charge in [-0.15, -0.1) is 0 Å². The van der Waals surface area contributed by atoms with Crippen LogP contribution in [0.25, 0.3) is 0 Å². The van der Waals surface area contributed by atoms with E-state index in [4.69, 9.17) is 4.42 Å². The zero-order valence-electron chi connectivity index (χ0n) is 25.4. The SMILES string of the molecule is CN1CCN(CCCN(C(=O)O)[C@H]2CC[C@@]3(C)[C@H](CC[C@@H]4[C@@H]3CC[C@]3(C)[C@@H](c5ccc(=O)oc5)CC[C@]43O)C2)CC1. The summed E-state index contributed by atoms with van der Waals surface area (Å²) < 4.78 is 5.24. The molecule has 0 radical (unpaired) electrons. The minimum Gasteiger partial charge on any atom is -0.465 e. The van der Waals surface area contributed by atoms with E-state index in [0.29, 0.717) is 18.4 Å². The number of carboxylic acid groups (broad SMARTS) is 1. The average molecular weight is 570 g/mol. The van der Waals surface area contributed by atoms with E-state index in [1.54, 1.807) is 11.2 Å². The van der Waals surface area contributed by atoms with Crippen LogP contribution in [0, 0.1) is 28.6 Å². The Hall–Kier alpha value is -1.90. The molecule has 8 atom stereocenters. The third-order valence-corrected chi connectivity index (χ3v) is 13.1. The van der Waals surface area contributed by atoms with E-state index in [2.05, 4.69) is 30.7 Å². The Balaban J connectivity index is 1.12. The van der Waals surface area contributed by atoms with Gasteiger partial charge in [0.25, 0.3) is 0 Å². The Morgan fingerprint density at radius 3 is 2.51 bits per heavy atom. The molecule has 4 aliphatic carbocycles. The highest BCUT2D eigenvalue weighted by atomic mass is 16.4. The van der Waals surface area contributed by atoms with Gasteiger partial charge in [-0.25, -0.2) is 9.59 Å². The molecular weight excluding hydrogens is 518 g/mol. The summed E-state index contributed by atoms with van der Waals surface area (Å²) >= 11 is 0. The normalized spacial score (nSPS) is 41.3. The summed E-state index contributed by atoms with van der Waals surface area (Å²) in [6.07, 6.45) is 10.6. The molecular formula is C33H51N3O5. The summed E-state index contributed by atoms with van der Waals surface area (Å²) in [5.74, 6) is 1.46. The lowest BCUT2D eigenvalue weighted by Crippen LogP contribution is -2.62. The van der Waals surface area contributed by atoms with Gasteiger partial charge in [-0.1, -0.05) is 13.8 Å². The second-order valence-corrected chi connectivity index (χ2v) is 14.8. The molecule has 228 valence electrons. The number of hydrogen-bond donors (Lipinski definition) is 2. The average Bonchev–Trinajstić information content (AvgIpc) is 3.23. The molecule has 1 aromatic rings. The van der Waals surface area contributed by atoms with Crippen molar-refractivity contribution >= 4 is 6.09 Å². The molecule has 8 heteroatoms. The van der Waals surface area contributed by atoms with Crippen molar-refractivity contribution < 1.29 is 19.4 Å². The number of hydrogen-bond acceptors (Lipinski definition) is 6. The van der Waals surface area contributed by atoms with Crippen LogP contribution in [0.3, 0.4) is 0 Å². The van der Waals surface area contributed by atoms with Crippen molar-refractivity contribution in [3.63, 3.8) is 0 Å². The minimum atomic E-state index is -0.762. The third kappa shape index (κ3) is 4.96. The second kappa shape index (κ2) is 11.0. The topological polar surface area (TPSA) is 97.5 Å². The smallest absolute Gasteiger partial charge is 0.407 e. The van der Waals surface area contributed by atoms with Gasteiger partial charge in [0.15, 0.2) is 0 Å². The standard InChI is InChI=1S/C33H51N3O5/c1-31-12-9-25(36(30(38)39)16-4-15-35-19-17-34(3)18-20-35)21-24(31)6-7-28-27(31)10-13-32(2)26(11-14-33(28,32)40)23-5-8-29(37)41-22-23/h5,8,22,24-28,40H,4,6-7,9-21H2,1-3H3,(H,38,39)/t24-,25+,26-,27+,28-,31+,32-,33+/m1/s1. The summed E-state index contributed by atoms with van der Waals surface area (Å²) in [4.78, 5) is 30.6. The van der Waals surface area contributed by atoms with E-state index in [-0.39, 0.29) is 34.3 Å². The number of nitrogens with zero attached hydrogens (tertiary/aromatic N) is 3. The number of rotatable bonds is 6. The maximum Gasteiger partial charge on any atom is 0.407 e.